The van der Waals surface area contributed by atoms with Gasteiger partial charge in [-0.3, -0.25) is 0 Å². The van der Waals surface area contributed by atoms with Gasteiger partial charge in [-0.25, -0.2) is 4.39 Å². The van der Waals surface area contributed by atoms with E-state index in [0.29, 0.717) is 12.3 Å². The van der Waals surface area contributed by atoms with Gasteiger partial charge in [-0.1, -0.05) is 15.9 Å². The van der Waals surface area contributed by atoms with E-state index in [1.54, 1.807) is 0 Å². The van der Waals surface area contributed by atoms with Gasteiger partial charge in [0.15, 0.2) is 11.6 Å². The molecule has 0 bridgehead atoms. The quantitative estimate of drug-likeness (QED) is 0.924. The van der Waals surface area contributed by atoms with E-state index < -0.39 is 0 Å². The van der Waals surface area contributed by atoms with Crippen molar-refractivity contribution < 1.29 is 9.13 Å². The van der Waals surface area contributed by atoms with Crippen molar-refractivity contribution >= 4 is 15.9 Å². The molecule has 2 rings (SSSR count). The maximum absolute atomic E-state index is 13.7. The lowest BCUT2D eigenvalue weighted by Crippen LogP contribution is -2.15. The fourth-order valence-electron chi connectivity index (χ4n) is 2.24. The molecule has 0 atom stereocenters. The van der Waals surface area contributed by atoms with Crippen molar-refractivity contribution in [1.82, 2.24) is 0 Å². The number of methoxy groups -OCH3 is 1. The molecule has 4 heteroatoms. The SMILES string of the molecule is COc1c(F)cc(Br)cc1C1(CCN)CC1. The van der Waals surface area contributed by atoms with Gasteiger partial charge < -0.3 is 10.5 Å². The van der Waals surface area contributed by atoms with Crippen LogP contribution in [0.25, 0.3) is 0 Å². The first-order valence-electron chi connectivity index (χ1n) is 5.36. The van der Waals surface area contributed by atoms with Gasteiger partial charge >= 0.3 is 0 Å². The van der Waals surface area contributed by atoms with Gasteiger partial charge in [-0.05, 0) is 37.9 Å². The second-order valence-electron chi connectivity index (χ2n) is 4.29. The maximum atomic E-state index is 13.7. The van der Waals surface area contributed by atoms with Crippen molar-refractivity contribution in [2.24, 2.45) is 5.73 Å². The van der Waals surface area contributed by atoms with Crippen LogP contribution >= 0.6 is 15.9 Å². The number of ether oxygens (including phenoxy) is 1. The lowest BCUT2D eigenvalue weighted by molar-refractivity contribution is 0.374. The maximum Gasteiger partial charge on any atom is 0.166 e. The smallest absolute Gasteiger partial charge is 0.166 e. The minimum Gasteiger partial charge on any atom is -0.493 e. The minimum absolute atomic E-state index is 0.0463. The molecule has 0 saturated heterocycles. The molecule has 2 nitrogen and oxygen atoms in total. The van der Waals surface area contributed by atoms with E-state index in [2.05, 4.69) is 15.9 Å². The first-order chi connectivity index (χ1) is 7.63. The number of benzene rings is 1. The molecule has 0 radical (unpaired) electrons. The molecular formula is C12H15BrFNO. The first kappa shape index (κ1) is 11.9. The molecule has 1 saturated carbocycles. The van der Waals surface area contributed by atoms with E-state index >= 15 is 0 Å². The number of rotatable bonds is 4. The zero-order valence-electron chi connectivity index (χ0n) is 9.22. The highest BCUT2D eigenvalue weighted by Gasteiger charge is 2.45. The van der Waals surface area contributed by atoms with Crippen molar-refractivity contribution in [3.63, 3.8) is 0 Å². The predicted octanol–water partition coefficient (Wildman–Crippen LogP) is 2.98. The Morgan fingerprint density at radius 3 is 2.69 bits per heavy atom. The summed E-state index contributed by atoms with van der Waals surface area (Å²) in [4.78, 5) is 0. The monoisotopic (exact) mass is 287 g/mol. The molecule has 0 aliphatic heterocycles. The van der Waals surface area contributed by atoms with E-state index in [-0.39, 0.29) is 11.2 Å². The summed E-state index contributed by atoms with van der Waals surface area (Å²) in [7, 11) is 1.51. The van der Waals surface area contributed by atoms with Crippen LogP contribution in [0.4, 0.5) is 4.39 Å². The summed E-state index contributed by atoms with van der Waals surface area (Å²) in [5.74, 6) is 0.0596. The van der Waals surface area contributed by atoms with Crippen molar-refractivity contribution in [2.45, 2.75) is 24.7 Å². The van der Waals surface area contributed by atoms with Crippen molar-refractivity contribution in [2.75, 3.05) is 13.7 Å². The van der Waals surface area contributed by atoms with Crippen LogP contribution < -0.4 is 10.5 Å². The second-order valence-corrected chi connectivity index (χ2v) is 5.20. The molecular weight excluding hydrogens is 273 g/mol. The Kier molecular flexibility index (Phi) is 3.22. The Labute approximate surface area is 103 Å². The second kappa shape index (κ2) is 4.34. The summed E-state index contributed by atoms with van der Waals surface area (Å²) in [5, 5.41) is 0. The molecule has 1 aromatic rings. The van der Waals surface area contributed by atoms with E-state index in [4.69, 9.17) is 10.5 Å². The lowest BCUT2D eigenvalue weighted by Gasteiger charge is -2.19. The van der Waals surface area contributed by atoms with Crippen LogP contribution in [0.1, 0.15) is 24.8 Å². The molecule has 0 spiro atoms. The van der Waals surface area contributed by atoms with Crippen LogP contribution in [-0.2, 0) is 5.41 Å². The third-order valence-electron chi connectivity index (χ3n) is 3.26. The zero-order chi connectivity index (χ0) is 11.8. The predicted molar refractivity (Wildman–Crippen MR) is 65.2 cm³/mol. The Balaban J connectivity index is 2.47. The largest absolute Gasteiger partial charge is 0.493 e. The van der Waals surface area contributed by atoms with Gasteiger partial charge in [0, 0.05) is 15.5 Å². The molecule has 1 aliphatic carbocycles. The molecule has 0 aromatic heterocycles. The highest BCUT2D eigenvalue weighted by Crippen LogP contribution is 2.54. The average molecular weight is 288 g/mol. The molecule has 88 valence electrons. The minimum atomic E-state index is -0.310. The molecule has 0 heterocycles. The molecule has 1 aliphatic rings. The normalized spacial score (nSPS) is 17.2. The van der Waals surface area contributed by atoms with Crippen LogP contribution in [0.3, 0.4) is 0 Å². The molecule has 0 amide bonds. The van der Waals surface area contributed by atoms with Crippen LogP contribution in [0.15, 0.2) is 16.6 Å². The average Bonchev–Trinajstić information content (AvgIpc) is 2.98. The standard InChI is InChI=1S/C12H15BrFNO/c1-16-11-9(6-8(13)7-10(11)14)12(2-3-12)4-5-15/h6-7H,2-5,15H2,1H3. The number of nitrogens with two attached hydrogens (primary N) is 1. The van der Waals surface area contributed by atoms with Gasteiger partial charge in [0.05, 0.1) is 7.11 Å². The van der Waals surface area contributed by atoms with Crippen molar-refractivity contribution in [3.05, 3.63) is 28.0 Å². The Morgan fingerprint density at radius 2 is 2.19 bits per heavy atom. The number of halogens is 2. The summed E-state index contributed by atoms with van der Waals surface area (Å²) >= 11 is 3.32. The fraction of sp³-hybridized carbons (Fsp3) is 0.500. The van der Waals surface area contributed by atoms with Crippen LogP contribution in [0.5, 0.6) is 5.75 Å². The highest BCUT2D eigenvalue weighted by molar-refractivity contribution is 9.10. The highest BCUT2D eigenvalue weighted by atomic mass is 79.9. The van der Waals surface area contributed by atoms with E-state index in [0.717, 1.165) is 29.3 Å². The summed E-state index contributed by atoms with van der Waals surface area (Å²) in [6, 6.07) is 3.38. The molecule has 1 fully saturated rings. The van der Waals surface area contributed by atoms with Crippen molar-refractivity contribution in [1.29, 1.82) is 0 Å². The van der Waals surface area contributed by atoms with Gasteiger partial charge in [0.1, 0.15) is 0 Å². The third kappa shape index (κ3) is 1.96. The molecule has 16 heavy (non-hydrogen) atoms. The van der Waals surface area contributed by atoms with Crippen molar-refractivity contribution in [3.8, 4) is 5.75 Å². The topological polar surface area (TPSA) is 35.2 Å². The van der Waals surface area contributed by atoms with E-state index in [1.807, 2.05) is 6.07 Å². The van der Waals surface area contributed by atoms with Crippen LogP contribution in [0.2, 0.25) is 0 Å². The molecule has 1 aromatic carbocycles. The molecule has 2 N–H and O–H groups in total. The number of hydrogen-bond acceptors (Lipinski definition) is 2. The van der Waals surface area contributed by atoms with Gasteiger partial charge in [0.25, 0.3) is 0 Å². The summed E-state index contributed by atoms with van der Waals surface area (Å²) in [6.07, 6.45) is 3.02. The zero-order valence-corrected chi connectivity index (χ0v) is 10.8. The lowest BCUT2D eigenvalue weighted by atomic mass is 9.91. The molecule has 0 unspecified atom stereocenters. The fourth-order valence-corrected chi connectivity index (χ4v) is 2.67. The third-order valence-corrected chi connectivity index (χ3v) is 3.72. The summed E-state index contributed by atoms with van der Waals surface area (Å²) in [5.41, 5.74) is 6.61. The van der Waals surface area contributed by atoms with Gasteiger partial charge in [0.2, 0.25) is 0 Å². The van der Waals surface area contributed by atoms with Gasteiger partial charge in [-0.2, -0.15) is 0 Å². The van der Waals surface area contributed by atoms with Crippen LogP contribution in [0, 0.1) is 5.82 Å². The van der Waals surface area contributed by atoms with E-state index in [9.17, 15) is 4.39 Å². The van der Waals surface area contributed by atoms with Gasteiger partial charge in [-0.15, -0.1) is 0 Å². The van der Waals surface area contributed by atoms with Crippen LogP contribution in [-0.4, -0.2) is 13.7 Å². The Bertz CT molecular complexity index is 404. The summed E-state index contributed by atoms with van der Waals surface area (Å²) in [6.45, 7) is 0.622. The Hall–Kier alpha value is -0.610. The summed E-state index contributed by atoms with van der Waals surface area (Å²) < 4.78 is 19.6. The first-order valence-corrected chi connectivity index (χ1v) is 6.16. The number of hydrogen-bond donors (Lipinski definition) is 1. The Morgan fingerprint density at radius 1 is 1.50 bits per heavy atom. The van der Waals surface area contributed by atoms with E-state index in [1.165, 1.54) is 13.2 Å².